The van der Waals surface area contributed by atoms with Gasteiger partial charge in [-0.3, -0.25) is 0 Å². The highest BCUT2D eigenvalue weighted by Gasteiger charge is 2.17. The van der Waals surface area contributed by atoms with Crippen LogP contribution < -0.4 is 11.1 Å². The minimum absolute atomic E-state index is 0.388. The summed E-state index contributed by atoms with van der Waals surface area (Å²) in [7, 11) is 0. The maximum Gasteiger partial charge on any atom is 0.0991 e. The van der Waals surface area contributed by atoms with E-state index < -0.39 is 0 Å². The Labute approximate surface area is 96.3 Å². The van der Waals surface area contributed by atoms with Crippen molar-refractivity contribution in [1.29, 1.82) is 5.26 Å². The zero-order valence-corrected chi connectivity index (χ0v) is 9.32. The topological polar surface area (TPSA) is 61.8 Å². The molecular weight excluding hydrogens is 198 g/mol. The summed E-state index contributed by atoms with van der Waals surface area (Å²) in [6.07, 6.45) is 4.49. The van der Waals surface area contributed by atoms with Gasteiger partial charge in [0.1, 0.15) is 0 Å². The second kappa shape index (κ2) is 5.00. The van der Waals surface area contributed by atoms with Crippen molar-refractivity contribution in [1.82, 2.24) is 0 Å². The second-order valence-corrected chi connectivity index (χ2v) is 4.45. The minimum Gasteiger partial charge on any atom is -0.382 e. The Morgan fingerprint density at radius 2 is 1.75 bits per heavy atom. The molecule has 3 heteroatoms. The molecule has 1 aliphatic rings. The number of benzene rings is 1. The van der Waals surface area contributed by atoms with Gasteiger partial charge in [-0.1, -0.05) is 0 Å². The molecule has 0 aliphatic heterocycles. The van der Waals surface area contributed by atoms with E-state index in [1.165, 1.54) is 0 Å². The molecule has 3 N–H and O–H groups in total. The maximum absolute atomic E-state index is 8.69. The quantitative estimate of drug-likeness (QED) is 0.795. The molecule has 0 heterocycles. The van der Waals surface area contributed by atoms with Gasteiger partial charge in [0.05, 0.1) is 11.6 Å². The minimum atomic E-state index is 0.388. The predicted octanol–water partition coefficient (Wildman–Crippen LogP) is 2.24. The largest absolute Gasteiger partial charge is 0.382 e. The molecule has 0 bridgehead atoms. The third kappa shape index (κ3) is 2.74. The van der Waals surface area contributed by atoms with Crippen LogP contribution in [0.1, 0.15) is 31.2 Å². The van der Waals surface area contributed by atoms with Crippen molar-refractivity contribution in [2.75, 3.05) is 5.32 Å². The molecule has 0 atom stereocenters. The molecule has 1 aromatic rings. The first-order valence-electron chi connectivity index (χ1n) is 5.80. The Kier molecular flexibility index (Phi) is 3.43. The van der Waals surface area contributed by atoms with Crippen molar-refractivity contribution < 1.29 is 0 Å². The van der Waals surface area contributed by atoms with Gasteiger partial charge in [0.15, 0.2) is 0 Å². The highest BCUT2D eigenvalue weighted by Crippen LogP contribution is 2.21. The van der Waals surface area contributed by atoms with E-state index in [4.69, 9.17) is 11.0 Å². The summed E-state index contributed by atoms with van der Waals surface area (Å²) < 4.78 is 0. The highest BCUT2D eigenvalue weighted by atomic mass is 14.9. The molecule has 1 fully saturated rings. The summed E-state index contributed by atoms with van der Waals surface area (Å²) in [5.41, 5.74) is 7.67. The summed E-state index contributed by atoms with van der Waals surface area (Å²) in [6, 6.07) is 10.7. The van der Waals surface area contributed by atoms with E-state index in [1.54, 1.807) is 0 Å². The van der Waals surface area contributed by atoms with Crippen LogP contribution >= 0.6 is 0 Å². The molecule has 1 aliphatic carbocycles. The standard InChI is InChI=1S/C13H17N3/c14-9-10-1-5-12(6-2-10)16-13-7-3-11(15)4-8-13/h1-2,5-6,11,13,16H,3-4,7-8,15H2. The van der Waals surface area contributed by atoms with Crippen LogP contribution in [0.2, 0.25) is 0 Å². The van der Waals surface area contributed by atoms with E-state index in [1.807, 2.05) is 24.3 Å². The summed E-state index contributed by atoms with van der Waals surface area (Å²) in [5.74, 6) is 0. The average molecular weight is 215 g/mol. The summed E-state index contributed by atoms with van der Waals surface area (Å²) in [5, 5.41) is 12.2. The summed E-state index contributed by atoms with van der Waals surface area (Å²) in [4.78, 5) is 0. The van der Waals surface area contributed by atoms with E-state index in [-0.39, 0.29) is 0 Å². The van der Waals surface area contributed by atoms with Crippen molar-refractivity contribution in [3.05, 3.63) is 29.8 Å². The van der Waals surface area contributed by atoms with Crippen molar-refractivity contribution in [2.24, 2.45) is 5.73 Å². The van der Waals surface area contributed by atoms with Crippen LogP contribution in [0.15, 0.2) is 24.3 Å². The molecule has 0 aromatic heterocycles. The zero-order valence-electron chi connectivity index (χ0n) is 9.32. The Balaban J connectivity index is 1.91. The smallest absolute Gasteiger partial charge is 0.0991 e. The van der Waals surface area contributed by atoms with Crippen LogP contribution in [0.5, 0.6) is 0 Å². The number of rotatable bonds is 2. The van der Waals surface area contributed by atoms with Gasteiger partial charge in [-0.15, -0.1) is 0 Å². The maximum atomic E-state index is 8.69. The average Bonchev–Trinajstić information content (AvgIpc) is 2.33. The fourth-order valence-electron chi connectivity index (χ4n) is 2.14. The van der Waals surface area contributed by atoms with E-state index in [0.29, 0.717) is 17.6 Å². The predicted molar refractivity (Wildman–Crippen MR) is 65.0 cm³/mol. The van der Waals surface area contributed by atoms with E-state index >= 15 is 0 Å². The van der Waals surface area contributed by atoms with Crippen LogP contribution in [-0.2, 0) is 0 Å². The Morgan fingerprint density at radius 1 is 1.12 bits per heavy atom. The van der Waals surface area contributed by atoms with E-state index in [0.717, 1.165) is 31.4 Å². The summed E-state index contributed by atoms with van der Waals surface area (Å²) >= 11 is 0. The number of hydrogen-bond donors (Lipinski definition) is 2. The molecule has 3 nitrogen and oxygen atoms in total. The van der Waals surface area contributed by atoms with Crippen molar-refractivity contribution in [3.63, 3.8) is 0 Å². The first kappa shape index (κ1) is 11.0. The molecule has 0 saturated heterocycles. The number of nitrogens with two attached hydrogens (primary N) is 1. The fourth-order valence-corrected chi connectivity index (χ4v) is 2.14. The number of hydrogen-bond acceptors (Lipinski definition) is 3. The van der Waals surface area contributed by atoms with Gasteiger partial charge < -0.3 is 11.1 Å². The van der Waals surface area contributed by atoms with Crippen LogP contribution in [-0.4, -0.2) is 12.1 Å². The van der Waals surface area contributed by atoms with Crippen molar-refractivity contribution in [3.8, 4) is 6.07 Å². The normalized spacial score (nSPS) is 24.8. The molecule has 0 amide bonds. The molecule has 1 aromatic carbocycles. The third-order valence-corrected chi connectivity index (χ3v) is 3.16. The van der Waals surface area contributed by atoms with Gasteiger partial charge in [-0.2, -0.15) is 5.26 Å². The van der Waals surface area contributed by atoms with Gasteiger partial charge in [0.25, 0.3) is 0 Å². The number of nitriles is 1. The first-order chi connectivity index (χ1) is 7.78. The third-order valence-electron chi connectivity index (χ3n) is 3.16. The lowest BCUT2D eigenvalue weighted by atomic mass is 9.91. The molecular formula is C13H17N3. The van der Waals surface area contributed by atoms with Crippen molar-refractivity contribution >= 4 is 5.69 Å². The molecule has 0 spiro atoms. The van der Waals surface area contributed by atoms with E-state index in [9.17, 15) is 0 Å². The lowest BCUT2D eigenvalue weighted by Gasteiger charge is -2.27. The second-order valence-electron chi connectivity index (χ2n) is 4.45. The van der Waals surface area contributed by atoms with Crippen LogP contribution in [0.4, 0.5) is 5.69 Å². The lowest BCUT2D eigenvalue weighted by molar-refractivity contribution is 0.411. The molecule has 0 radical (unpaired) electrons. The fraction of sp³-hybridized carbons (Fsp3) is 0.462. The van der Waals surface area contributed by atoms with Crippen molar-refractivity contribution in [2.45, 2.75) is 37.8 Å². The monoisotopic (exact) mass is 215 g/mol. The Bertz CT molecular complexity index is 369. The molecule has 0 unspecified atom stereocenters. The zero-order chi connectivity index (χ0) is 11.4. The van der Waals surface area contributed by atoms with Gasteiger partial charge in [-0.05, 0) is 49.9 Å². The van der Waals surface area contributed by atoms with Crippen LogP contribution in [0.25, 0.3) is 0 Å². The van der Waals surface area contributed by atoms with Crippen LogP contribution in [0.3, 0.4) is 0 Å². The molecule has 2 rings (SSSR count). The first-order valence-corrected chi connectivity index (χ1v) is 5.80. The van der Waals surface area contributed by atoms with Gasteiger partial charge in [-0.25, -0.2) is 0 Å². The molecule has 84 valence electrons. The number of nitrogens with one attached hydrogen (secondary N) is 1. The summed E-state index contributed by atoms with van der Waals surface area (Å²) in [6.45, 7) is 0. The van der Waals surface area contributed by atoms with Gasteiger partial charge in [0.2, 0.25) is 0 Å². The van der Waals surface area contributed by atoms with Crippen LogP contribution in [0, 0.1) is 11.3 Å². The van der Waals surface area contributed by atoms with E-state index in [2.05, 4.69) is 11.4 Å². The molecule has 16 heavy (non-hydrogen) atoms. The number of anilines is 1. The number of nitrogens with zero attached hydrogens (tertiary/aromatic N) is 1. The Morgan fingerprint density at radius 3 is 2.31 bits per heavy atom. The molecule has 1 saturated carbocycles. The van der Waals surface area contributed by atoms with Gasteiger partial charge in [0, 0.05) is 17.8 Å². The lowest BCUT2D eigenvalue weighted by Crippen LogP contribution is -2.32. The Hall–Kier alpha value is -1.53. The SMILES string of the molecule is N#Cc1ccc(NC2CCC(N)CC2)cc1. The van der Waals surface area contributed by atoms with Gasteiger partial charge >= 0.3 is 0 Å². The highest BCUT2D eigenvalue weighted by molar-refractivity contribution is 5.47.